The molecule has 1 aliphatic rings. The van der Waals surface area contributed by atoms with Gasteiger partial charge >= 0.3 is 0 Å². The molecule has 112 valence electrons. The highest BCUT2D eigenvalue weighted by Gasteiger charge is 2.30. The molecular formula is C14H16Cl2N4O. The molecule has 0 spiro atoms. The Kier molecular flexibility index (Phi) is 4.15. The summed E-state index contributed by atoms with van der Waals surface area (Å²) in [7, 11) is 0. The fraction of sp³-hybridized carbons (Fsp3) is 0.500. The van der Waals surface area contributed by atoms with Crippen molar-refractivity contribution in [2.45, 2.75) is 44.1 Å². The van der Waals surface area contributed by atoms with Crippen LogP contribution in [0.4, 0.5) is 0 Å². The van der Waals surface area contributed by atoms with E-state index >= 15 is 0 Å². The molecule has 0 atom stereocenters. The molecule has 2 aromatic rings. The second kappa shape index (κ2) is 5.91. The molecule has 0 aliphatic heterocycles. The van der Waals surface area contributed by atoms with Crippen LogP contribution in [-0.4, -0.2) is 20.7 Å². The SMILES string of the molecule is NC1(Cc2nc(-c3ncc(Cl)cc3Cl)no2)CCCCC1. The Hall–Kier alpha value is -1.17. The summed E-state index contributed by atoms with van der Waals surface area (Å²) in [5.74, 6) is 0.897. The molecule has 5 nitrogen and oxygen atoms in total. The van der Waals surface area contributed by atoms with Crippen molar-refractivity contribution in [1.82, 2.24) is 15.1 Å². The lowest BCUT2D eigenvalue weighted by molar-refractivity contribution is 0.261. The first-order chi connectivity index (χ1) is 10.1. The van der Waals surface area contributed by atoms with Crippen LogP contribution < -0.4 is 5.73 Å². The summed E-state index contributed by atoms with van der Waals surface area (Å²) in [6, 6.07) is 1.60. The summed E-state index contributed by atoms with van der Waals surface area (Å²) in [4.78, 5) is 8.51. The highest BCUT2D eigenvalue weighted by molar-refractivity contribution is 6.35. The Morgan fingerprint density at radius 1 is 1.24 bits per heavy atom. The van der Waals surface area contributed by atoms with Gasteiger partial charge in [-0.15, -0.1) is 0 Å². The van der Waals surface area contributed by atoms with Gasteiger partial charge in [0.2, 0.25) is 11.7 Å². The van der Waals surface area contributed by atoms with E-state index in [9.17, 15) is 0 Å². The van der Waals surface area contributed by atoms with Gasteiger partial charge in [0, 0.05) is 18.2 Å². The van der Waals surface area contributed by atoms with Gasteiger partial charge in [0.25, 0.3) is 0 Å². The zero-order valence-corrected chi connectivity index (χ0v) is 13.0. The molecule has 0 amide bonds. The predicted octanol–water partition coefficient (Wildman–Crippen LogP) is 3.64. The number of rotatable bonds is 3. The third kappa shape index (κ3) is 3.36. The first-order valence-corrected chi connectivity index (χ1v) is 7.74. The highest BCUT2D eigenvalue weighted by Crippen LogP contribution is 2.30. The normalized spacial score (nSPS) is 17.9. The topological polar surface area (TPSA) is 77.8 Å². The number of hydrogen-bond donors (Lipinski definition) is 1. The quantitative estimate of drug-likeness (QED) is 0.931. The van der Waals surface area contributed by atoms with Gasteiger partial charge in [-0.3, -0.25) is 0 Å². The molecule has 21 heavy (non-hydrogen) atoms. The number of aromatic nitrogens is 3. The van der Waals surface area contributed by atoms with Crippen LogP contribution in [0, 0.1) is 0 Å². The number of nitrogens with zero attached hydrogens (tertiary/aromatic N) is 3. The lowest BCUT2D eigenvalue weighted by atomic mass is 9.80. The Balaban J connectivity index is 1.80. The predicted molar refractivity (Wildman–Crippen MR) is 81.3 cm³/mol. The van der Waals surface area contributed by atoms with E-state index in [-0.39, 0.29) is 5.54 Å². The van der Waals surface area contributed by atoms with Crippen molar-refractivity contribution in [1.29, 1.82) is 0 Å². The summed E-state index contributed by atoms with van der Waals surface area (Å²) in [6.07, 6.45) is 7.63. The van der Waals surface area contributed by atoms with E-state index in [4.69, 9.17) is 33.5 Å². The Bertz CT molecular complexity index is 638. The van der Waals surface area contributed by atoms with Gasteiger partial charge in [-0.2, -0.15) is 4.98 Å². The lowest BCUT2D eigenvalue weighted by Gasteiger charge is -2.31. The molecular weight excluding hydrogens is 311 g/mol. The fourth-order valence-corrected chi connectivity index (χ4v) is 3.20. The summed E-state index contributed by atoms with van der Waals surface area (Å²) in [5.41, 5.74) is 6.63. The third-order valence-corrected chi connectivity index (χ3v) is 4.34. The van der Waals surface area contributed by atoms with E-state index in [1.165, 1.54) is 12.6 Å². The summed E-state index contributed by atoms with van der Waals surface area (Å²) >= 11 is 11.9. The van der Waals surface area contributed by atoms with E-state index in [1.807, 2.05) is 0 Å². The van der Waals surface area contributed by atoms with Crippen LogP contribution in [0.3, 0.4) is 0 Å². The van der Waals surface area contributed by atoms with Crippen molar-refractivity contribution in [2.24, 2.45) is 5.73 Å². The van der Waals surface area contributed by atoms with Gasteiger partial charge in [0.05, 0.1) is 10.0 Å². The number of hydrogen-bond acceptors (Lipinski definition) is 5. The molecule has 0 aromatic carbocycles. The largest absolute Gasteiger partial charge is 0.339 e. The van der Waals surface area contributed by atoms with Gasteiger partial charge in [0.15, 0.2) is 0 Å². The number of halogens is 2. The van der Waals surface area contributed by atoms with Crippen molar-refractivity contribution in [3.8, 4) is 11.5 Å². The Morgan fingerprint density at radius 2 is 2.00 bits per heavy atom. The highest BCUT2D eigenvalue weighted by atomic mass is 35.5. The molecule has 2 N–H and O–H groups in total. The maximum absolute atomic E-state index is 6.40. The molecule has 3 rings (SSSR count). The summed E-state index contributed by atoms with van der Waals surface area (Å²) < 4.78 is 5.30. The molecule has 1 aliphatic carbocycles. The van der Waals surface area contributed by atoms with E-state index in [0.29, 0.717) is 33.9 Å². The second-order valence-electron chi connectivity index (χ2n) is 5.60. The van der Waals surface area contributed by atoms with Crippen LogP contribution in [0.15, 0.2) is 16.8 Å². The zero-order chi connectivity index (χ0) is 14.9. The van der Waals surface area contributed by atoms with Gasteiger partial charge in [-0.1, -0.05) is 47.6 Å². The van der Waals surface area contributed by atoms with Crippen LogP contribution in [0.2, 0.25) is 10.0 Å². The molecule has 1 fully saturated rings. The average molecular weight is 327 g/mol. The molecule has 0 unspecified atom stereocenters. The van der Waals surface area contributed by atoms with Crippen molar-refractivity contribution in [3.63, 3.8) is 0 Å². The maximum Gasteiger partial charge on any atom is 0.228 e. The number of nitrogens with two attached hydrogens (primary N) is 1. The smallest absolute Gasteiger partial charge is 0.228 e. The zero-order valence-electron chi connectivity index (χ0n) is 11.5. The maximum atomic E-state index is 6.40. The lowest BCUT2D eigenvalue weighted by Crippen LogP contribution is -2.43. The molecule has 0 saturated heterocycles. The van der Waals surface area contributed by atoms with Crippen molar-refractivity contribution < 1.29 is 4.52 Å². The van der Waals surface area contributed by atoms with Gasteiger partial charge in [-0.05, 0) is 18.9 Å². The standard InChI is InChI=1S/C14H16Cl2N4O/c15-9-6-10(16)12(18-8-9)13-19-11(21-20-13)7-14(17)4-2-1-3-5-14/h6,8H,1-5,7,17H2. The van der Waals surface area contributed by atoms with E-state index in [1.54, 1.807) is 6.07 Å². The molecule has 2 aromatic heterocycles. The average Bonchev–Trinajstić information content (AvgIpc) is 2.87. The Labute approximate surface area is 132 Å². The van der Waals surface area contributed by atoms with Crippen molar-refractivity contribution in [3.05, 3.63) is 28.2 Å². The fourth-order valence-electron chi connectivity index (χ4n) is 2.74. The van der Waals surface area contributed by atoms with Gasteiger partial charge in [0.1, 0.15) is 5.69 Å². The first kappa shape index (κ1) is 14.8. The molecule has 0 bridgehead atoms. The van der Waals surface area contributed by atoms with Crippen molar-refractivity contribution >= 4 is 23.2 Å². The molecule has 1 saturated carbocycles. The van der Waals surface area contributed by atoms with Crippen LogP contribution in [0.1, 0.15) is 38.0 Å². The molecule has 2 heterocycles. The van der Waals surface area contributed by atoms with Crippen LogP contribution in [-0.2, 0) is 6.42 Å². The van der Waals surface area contributed by atoms with Crippen LogP contribution >= 0.6 is 23.2 Å². The monoisotopic (exact) mass is 326 g/mol. The van der Waals surface area contributed by atoms with Gasteiger partial charge in [-0.25, -0.2) is 4.98 Å². The third-order valence-electron chi connectivity index (χ3n) is 3.84. The summed E-state index contributed by atoms with van der Waals surface area (Å²) in [5, 5.41) is 4.81. The minimum atomic E-state index is -0.237. The molecule has 7 heteroatoms. The minimum absolute atomic E-state index is 0.237. The number of pyridine rings is 1. The van der Waals surface area contributed by atoms with E-state index in [2.05, 4.69) is 15.1 Å². The minimum Gasteiger partial charge on any atom is -0.339 e. The molecule has 0 radical (unpaired) electrons. The second-order valence-corrected chi connectivity index (χ2v) is 6.44. The first-order valence-electron chi connectivity index (χ1n) is 6.99. The van der Waals surface area contributed by atoms with Crippen molar-refractivity contribution in [2.75, 3.05) is 0 Å². The van der Waals surface area contributed by atoms with Crippen LogP contribution in [0.25, 0.3) is 11.5 Å². The van der Waals surface area contributed by atoms with Gasteiger partial charge < -0.3 is 10.3 Å². The summed E-state index contributed by atoms with van der Waals surface area (Å²) in [6.45, 7) is 0. The Morgan fingerprint density at radius 3 is 2.71 bits per heavy atom. The van der Waals surface area contributed by atoms with Crippen LogP contribution in [0.5, 0.6) is 0 Å². The van der Waals surface area contributed by atoms with E-state index < -0.39 is 0 Å². The van der Waals surface area contributed by atoms with E-state index in [0.717, 1.165) is 25.7 Å².